The Labute approximate surface area is 246 Å². The maximum Gasteiger partial charge on any atom is 0.174 e. The minimum Gasteiger partial charge on any atom is -0.497 e. The summed E-state index contributed by atoms with van der Waals surface area (Å²) in [6.07, 6.45) is 1.83. The average molecular weight is 561 g/mol. The highest BCUT2D eigenvalue weighted by Gasteiger charge is 2.42. The number of ether oxygens (including phenoxy) is 2. The van der Waals surface area contributed by atoms with Gasteiger partial charge in [0.15, 0.2) is 5.11 Å². The second-order valence-electron chi connectivity index (χ2n) is 10.2. The number of para-hydroxylation sites is 1. The first kappa shape index (κ1) is 26.6. The van der Waals surface area contributed by atoms with Crippen LogP contribution in [0.2, 0.25) is 0 Å². The van der Waals surface area contributed by atoms with E-state index in [0.29, 0.717) is 5.11 Å². The van der Waals surface area contributed by atoms with Gasteiger partial charge in [-0.05, 0) is 117 Å². The molecule has 6 nitrogen and oxygen atoms in total. The fourth-order valence-corrected chi connectivity index (χ4v) is 5.98. The van der Waals surface area contributed by atoms with Crippen LogP contribution in [0.1, 0.15) is 40.3 Å². The zero-order chi connectivity index (χ0) is 28.5. The van der Waals surface area contributed by atoms with Crippen LogP contribution >= 0.6 is 12.2 Å². The van der Waals surface area contributed by atoms with Crippen molar-refractivity contribution < 1.29 is 9.47 Å². The number of benzene rings is 3. The van der Waals surface area contributed by atoms with Crippen LogP contribution in [0.4, 0.5) is 5.69 Å². The number of methoxy groups -OCH3 is 1. The molecule has 41 heavy (non-hydrogen) atoms. The molecule has 6 rings (SSSR count). The monoisotopic (exact) mass is 560 g/mol. The summed E-state index contributed by atoms with van der Waals surface area (Å²) in [5.41, 5.74) is 7.57. The summed E-state index contributed by atoms with van der Waals surface area (Å²) in [6.45, 7) is 6.35. The van der Waals surface area contributed by atoms with Crippen LogP contribution in [0.5, 0.6) is 17.2 Å². The van der Waals surface area contributed by atoms with E-state index in [2.05, 4.69) is 65.0 Å². The largest absolute Gasteiger partial charge is 0.497 e. The Balaban J connectivity index is 1.40. The van der Waals surface area contributed by atoms with Crippen LogP contribution in [0, 0.1) is 20.8 Å². The molecule has 0 amide bonds. The van der Waals surface area contributed by atoms with Crippen molar-refractivity contribution in [2.75, 3.05) is 12.0 Å². The number of aryl methyl sites for hydroxylation is 2. The third kappa shape index (κ3) is 5.05. The fraction of sp³-hybridized carbons (Fsp3) is 0.176. The molecule has 0 saturated carbocycles. The quantitative estimate of drug-likeness (QED) is 0.205. The van der Waals surface area contributed by atoms with Crippen molar-refractivity contribution in [3.05, 3.63) is 131 Å². The highest BCUT2D eigenvalue weighted by atomic mass is 32.1. The summed E-state index contributed by atoms with van der Waals surface area (Å²) in [5, 5.41) is 4.24. The number of hydrogen-bond acceptors (Lipinski definition) is 4. The number of aromatic nitrogens is 2. The minimum atomic E-state index is -0.128. The molecule has 3 heterocycles. The predicted octanol–water partition coefficient (Wildman–Crippen LogP) is 7.78. The standard InChI is InChI=1S/C34H32N4O2S/c1-22-9-5-6-11-31(22)40-28-18-14-26(15-19-28)38-33(32(36-34(38)41)30-10-7-8-20-35-30)29-21-23(2)37(24(29)3)25-12-16-27(39-4)17-13-25/h5-21,32-33H,1-4H3,(H,36,41). The summed E-state index contributed by atoms with van der Waals surface area (Å²) < 4.78 is 13.8. The van der Waals surface area contributed by atoms with E-state index in [4.69, 9.17) is 26.7 Å². The Bertz CT molecular complexity index is 1680. The molecular formula is C34H32N4O2S. The van der Waals surface area contributed by atoms with Crippen molar-refractivity contribution in [1.29, 1.82) is 0 Å². The fourth-order valence-electron chi connectivity index (χ4n) is 5.64. The highest BCUT2D eigenvalue weighted by Crippen LogP contribution is 2.44. The van der Waals surface area contributed by atoms with Crippen LogP contribution in [0.25, 0.3) is 5.69 Å². The van der Waals surface area contributed by atoms with Crippen molar-refractivity contribution in [3.8, 4) is 22.9 Å². The summed E-state index contributed by atoms with van der Waals surface area (Å²) in [7, 11) is 1.68. The maximum absolute atomic E-state index is 6.17. The number of hydrogen-bond donors (Lipinski definition) is 1. The van der Waals surface area contributed by atoms with Gasteiger partial charge in [-0.3, -0.25) is 4.98 Å². The van der Waals surface area contributed by atoms with Gasteiger partial charge in [0.05, 0.1) is 24.9 Å². The summed E-state index contributed by atoms with van der Waals surface area (Å²) in [4.78, 5) is 6.92. The number of thiocarbonyl (C=S) groups is 1. The van der Waals surface area contributed by atoms with E-state index in [9.17, 15) is 0 Å². The van der Waals surface area contributed by atoms with Gasteiger partial charge in [-0.1, -0.05) is 24.3 Å². The Morgan fingerprint density at radius 3 is 2.17 bits per heavy atom. The van der Waals surface area contributed by atoms with Crippen LogP contribution in [0.3, 0.4) is 0 Å². The molecule has 1 aliphatic rings. The number of pyridine rings is 1. The lowest BCUT2D eigenvalue weighted by Crippen LogP contribution is -2.29. The molecule has 0 spiro atoms. The normalized spacial score (nSPS) is 16.5. The predicted molar refractivity (Wildman–Crippen MR) is 167 cm³/mol. The third-order valence-corrected chi connectivity index (χ3v) is 7.97. The zero-order valence-corrected chi connectivity index (χ0v) is 24.4. The number of nitrogens with one attached hydrogen (secondary N) is 1. The van der Waals surface area contributed by atoms with E-state index in [1.807, 2.05) is 73.8 Å². The van der Waals surface area contributed by atoms with E-state index in [-0.39, 0.29) is 12.1 Å². The summed E-state index contributed by atoms with van der Waals surface area (Å²) in [6, 6.07) is 32.3. The molecule has 5 aromatic rings. The van der Waals surface area contributed by atoms with Gasteiger partial charge in [0, 0.05) is 29.0 Å². The van der Waals surface area contributed by atoms with Crippen LogP contribution in [-0.2, 0) is 0 Å². The Kier molecular flexibility index (Phi) is 7.20. The van der Waals surface area contributed by atoms with E-state index in [0.717, 1.165) is 51.3 Å². The molecule has 1 aliphatic heterocycles. The van der Waals surface area contributed by atoms with Gasteiger partial charge in [0.25, 0.3) is 0 Å². The number of nitrogens with zero attached hydrogens (tertiary/aromatic N) is 3. The Morgan fingerprint density at radius 1 is 0.805 bits per heavy atom. The lowest BCUT2D eigenvalue weighted by Gasteiger charge is -2.28. The van der Waals surface area contributed by atoms with E-state index >= 15 is 0 Å². The van der Waals surface area contributed by atoms with Crippen LogP contribution < -0.4 is 19.7 Å². The first-order chi connectivity index (χ1) is 19.9. The molecule has 0 bridgehead atoms. The van der Waals surface area contributed by atoms with Crippen LogP contribution in [0.15, 0.2) is 103 Å². The van der Waals surface area contributed by atoms with Crippen molar-refractivity contribution in [2.45, 2.75) is 32.9 Å². The molecule has 1 N–H and O–H groups in total. The first-order valence-corrected chi connectivity index (χ1v) is 14.0. The van der Waals surface area contributed by atoms with Crippen molar-refractivity contribution >= 4 is 23.0 Å². The number of anilines is 1. The van der Waals surface area contributed by atoms with Gasteiger partial charge < -0.3 is 24.3 Å². The third-order valence-electron chi connectivity index (χ3n) is 7.65. The smallest absolute Gasteiger partial charge is 0.174 e. The number of rotatable bonds is 7. The van der Waals surface area contributed by atoms with E-state index in [1.54, 1.807) is 7.11 Å². The van der Waals surface area contributed by atoms with Gasteiger partial charge in [-0.25, -0.2) is 0 Å². The molecular weight excluding hydrogens is 528 g/mol. The van der Waals surface area contributed by atoms with Gasteiger partial charge >= 0.3 is 0 Å². The molecule has 1 fully saturated rings. The van der Waals surface area contributed by atoms with Gasteiger partial charge in [-0.2, -0.15) is 0 Å². The first-order valence-electron chi connectivity index (χ1n) is 13.6. The Hall–Kier alpha value is -4.62. The molecule has 2 atom stereocenters. The van der Waals surface area contributed by atoms with Crippen molar-refractivity contribution in [2.24, 2.45) is 0 Å². The summed E-state index contributed by atoms with van der Waals surface area (Å²) in [5.74, 6) is 2.45. The van der Waals surface area contributed by atoms with Crippen molar-refractivity contribution in [1.82, 2.24) is 14.9 Å². The van der Waals surface area contributed by atoms with Crippen molar-refractivity contribution in [3.63, 3.8) is 0 Å². The summed E-state index contributed by atoms with van der Waals surface area (Å²) >= 11 is 5.97. The molecule has 2 aromatic heterocycles. The average Bonchev–Trinajstić information content (AvgIpc) is 3.49. The minimum absolute atomic E-state index is 0.112. The van der Waals surface area contributed by atoms with Gasteiger partial charge in [-0.15, -0.1) is 0 Å². The molecule has 0 radical (unpaired) electrons. The SMILES string of the molecule is COc1ccc(-n2c(C)cc(C3C(c4ccccn4)NC(=S)N3c3ccc(Oc4ccccc4C)cc3)c2C)cc1. The second kappa shape index (κ2) is 11.1. The van der Waals surface area contributed by atoms with Crippen LogP contribution in [-0.4, -0.2) is 21.8 Å². The zero-order valence-electron chi connectivity index (χ0n) is 23.5. The highest BCUT2D eigenvalue weighted by molar-refractivity contribution is 7.80. The molecule has 3 aromatic carbocycles. The topological polar surface area (TPSA) is 51.5 Å². The lowest BCUT2D eigenvalue weighted by molar-refractivity contribution is 0.414. The molecule has 7 heteroatoms. The lowest BCUT2D eigenvalue weighted by atomic mass is 9.96. The molecule has 1 saturated heterocycles. The molecule has 2 unspecified atom stereocenters. The Morgan fingerprint density at radius 2 is 1.49 bits per heavy atom. The van der Waals surface area contributed by atoms with Gasteiger partial charge in [0.2, 0.25) is 0 Å². The van der Waals surface area contributed by atoms with E-state index < -0.39 is 0 Å². The molecule has 0 aliphatic carbocycles. The molecule has 206 valence electrons. The second-order valence-corrected chi connectivity index (χ2v) is 10.6. The maximum atomic E-state index is 6.17. The van der Waals surface area contributed by atoms with E-state index in [1.165, 1.54) is 5.56 Å². The van der Waals surface area contributed by atoms with Gasteiger partial charge in [0.1, 0.15) is 17.2 Å².